The van der Waals surface area contributed by atoms with Gasteiger partial charge in [-0.05, 0) is 49.4 Å². The molecule has 618 valence electrons. The van der Waals surface area contributed by atoms with Gasteiger partial charge in [-0.3, -0.25) is 37.3 Å². The molecule has 0 rings (SSSR count). The molecule has 0 heterocycles. The van der Waals surface area contributed by atoms with Crippen LogP contribution in [0.2, 0.25) is 0 Å². The van der Waals surface area contributed by atoms with E-state index in [4.69, 9.17) is 37.0 Å². The van der Waals surface area contributed by atoms with Gasteiger partial charge in [0.05, 0.1) is 26.4 Å². The molecule has 19 heteroatoms. The van der Waals surface area contributed by atoms with Crippen LogP contribution >= 0.6 is 15.6 Å². The third-order valence-corrected chi connectivity index (χ3v) is 23.2. The van der Waals surface area contributed by atoms with Gasteiger partial charge in [0.15, 0.2) is 12.2 Å². The third-order valence-electron chi connectivity index (χ3n) is 21.3. The molecule has 3 N–H and O–H groups in total. The molecule has 0 saturated carbocycles. The molecule has 0 radical (unpaired) electrons. The van der Waals surface area contributed by atoms with E-state index in [0.717, 1.165) is 120 Å². The van der Waals surface area contributed by atoms with Gasteiger partial charge >= 0.3 is 39.5 Å². The molecule has 0 aliphatic heterocycles. The second-order valence-electron chi connectivity index (χ2n) is 31.5. The Kier molecular flexibility index (Phi) is 72.5. The predicted molar refractivity (Wildman–Crippen MR) is 428 cm³/mol. The lowest BCUT2D eigenvalue weighted by Gasteiger charge is -2.21. The number of phosphoric acid groups is 2. The van der Waals surface area contributed by atoms with Crippen molar-refractivity contribution >= 4 is 39.5 Å². The Morgan fingerprint density at radius 2 is 0.433 bits per heavy atom. The largest absolute Gasteiger partial charge is 0.472 e. The van der Waals surface area contributed by atoms with Crippen molar-refractivity contribution in [2.24, 2.45) is 23.7 Å². The number of rotatable bonds is 82. The topological polar surface area (TPSA) is 237 Å². The van der Waals surface area contributed by atoms with Crippen LogP contribution in [0.25, 0.3) is 0 Å². The summed E-state index contributed by atoms with van der Waals surface area (Å²) in [6.07, 6.45) is 62.4. The maximum atomic E-state index is 13.1. The summed E-state index contributed by atoms with van der Waals surface area (Å²) < 4.78 is 68.8. The molecule has 0 aromatic carbocycles. The Hall–Kier alpha value is -1.94. The summed E-state index contributed by atoms with van der Waals surface area (Å²) in [5.41, 5.74) is 0. The van der Waals surface area contributed by atoms with Crippen LogP contribution in [0.5, 0.6) is 0 Å². The fourth-order valence-electron chi connectivity index (χ4n) is 13.0. The lowest BCUT2D eigenvalue weighted by Crippen LogP contribution is -2.30. The summed E-state index contributed by atoms with van der Waals surface area (Å²) in [4.78, 5) is 73.2. The van der Waals surface area contributed by atoms with Gasteiger partial charge in [-0.25, -0.2) is 9.13 Å². The molecular weight excluding hydrogens is 1350 g/mol. The maximum Gasteiger partial charge on any atom is 0.472 e. The molecule has 0 aromatic rings. The number of carbonyl (C=O) groups excluding carboxylic acids is 4. The van der Waals surface area contributed by atoms with E-state index in [9.17, 15) is 43.2 Å². The minimum absolute atomic E-state index is 0.106. The van der Waals surface area contributed by atoms with Gasteiger partial charge in [0.2, 0.25) is 0 Å². The van der Waals surface area contributed by atoms with Crippen LogP contribution in [-0.2, 0) is 65.4 Å². The van der Waals surface area contributed by atoms with Crippen molar-refractivity contribution in [3.05, 3.63) is 0 Å². The second kappa shape index (κ2) is 73.8. The molecule has 9 atom stereocenters. The number of hydrogen-bond donors (Lipinski definition) is 3. The minimum Gasteiger partial charge on any atom is -0.462 e. The quantitative estimate of drug-likeness (QED) is 0.0222. The van der Waals surface area contributed by atoms with E-state index in [1.807, 2.05) is 0 Å². The molecule has 0 amide bonds. The SMILES string of the molecule is CCC(C)CCCCCCCCCCCCCCCCCCCCC(=O)O[C@H](COC(=O)CCCCCCCCC(C)CC)COP(=O)(O)OC[C@H](O)COP(=O)(O)OC[C@@H](COC(=O)CCCCCCCCCCCCCCCCC(C)CC)OC(=O)CCCCCCCCCCCCC(C)CC. The van der Waals surface area contributed by atoms with Crippen molar-refractivity contribution < 1.29 is 80.2 Å². The van der Waals surface area contributed by atoms with Crippen LogP contribution in [0.1, 0.15) is 441 Å². The third kappa shape index (κ3) is 72.9. The molecule has 0 saturated heterocycles. The van der Waals surface area contributed by atoms with Gasteiger partial charge in [-0.1, -0.05) is 389 Å². The van der Waals surface area contributed by atoms with Gasteiger partial charge in [-0.2, -0.15) is 0 Å². The zero-order valence-electron chi connectivity index (χ0n) is 68.7. The van der Waals surface area contributed by atoms with Crippen LogP contribution in [-0.4, -0.2) is 96.7 Å². The highest BCUT2D eigenvalue weighted by Gasteiger charge is 2.31. The lowest BCUT2D eigenvalue weighted by molar-refractivity contribution is -0.161. The highest BCUT2D eigenvalue weighted by molar-refractivity contribution is 7.47. The molecule has 104 heavy (non-hydrogen) atoms. The lowest BCUT2D eigenvalue weighted by atomic mass is 9.99. The summed E-state index contributed by atoms with van der Waals surface area (Å²) in [7, 11) is -9.93. The smallest absolute Gasteiger partial charge is 0.462 e. The van der Waals surface area contributed by atoms with Crippen LogP contribution in [0.15, 0.2) is 0 Å². The van der Waals surface area contributed by atoms with E-state index in [1.165, 1.54) is 238 Å². The number of hydrogen-bond acceptors (Lipinski definition) is 15. The number of phosphoric ester groups is 2. The van der Waals surface area contributed by atoms with Crippen molar-refractivity contribution in [1.82, 2.24) is 0 Å². The fourth-order valence-corrected chi connectivity index (χ4v) is 14.6. The summed E-state index contributed by atoms with van der Waals surface area (Å²) in [6.45, 7) is 14.4. The molecule has 0 fully saturated rings. The molecule has 0 aromatic heterocycles. The van der Waals surface area contributed by atoms with E-state index in [-0.39, 0.29) is 25.7 Å². The number of aliphatic hydroxyl groups excluding tert-OH is 1. The first kappa shape index (κ1) is 102. The highest BCUT2D eigenvalue weighted by atomic mass is 31.2. The Morgan fingerprint density at radius 3 is 0.635 bits per heavy atom. The molecule has 0 spiro atoms. The summed E-state index contributed by atoms with van der Waals surface area (Å²) in [6, 6.07) is 0. The summed E-state index contributed by atoms with van der Waals surface area (Å²) in [5, 5.41) is 10.7. The van der Waals surface area contributed by atoms with E-state index in [0.29, 0.717) is 25.7 Å². The molecule has 6 unspecified atom stereocenters. The molecule has 17 nitrogen and oxygen atoms in total. The van der Waals surface area contributed by atoms with Gasteiger partial charge in [0, 0.05) is 25.7 Å². The van der Waals surface area contributed by atoms with Gasteiger partial charge < -0.3 is 33.8 Å². The number of aliphatic hydroxyl groups is 1. The van der Waals surface area contributed by atoms with E-state index < -0.39 is 97.5 Å². The monoisotopic (exact) mass is 1520 g/mol. The van der Waals surface area contributed by atoms with Crippen molar-refractivity contribution in [1.29, 1.82) is 0 Å². The molecule has 0 aliphatic carbocycles. The van der Waals surface area contributed by atoms with Gasteiger partial charge in [-0.15, -0.1) is 0 Å². The van der Waals surface area contributed by atoms with Crippen LogP contribution in [0.3, 0.4) is 0 Å². The highest BCUT2D eigenvalue weighted by Crippen LogP contribution is 2.45. The normalized spacial score (nSPS) is 15.0. The summed E-state index contributed by atoms with van der Waals surface area (Å²) in [5.74, 6) is 1.14. The number of unbranched alkanes of at least 4 members (excludes halogenated alkanes) is 44. The standard InChI is InChI=1S/C85H166O17P2/c1-9-75(5)61-53-45-37-31-25-21-17-15-13-14-16-18-24-28-35-41-51-59-67-84(89)102-81(72-96-83(88)66-58-50-44-43-48-56-64-78(8)12-4)74-100-104(93,94)98-70-79(86)69-97-103(91,92)99-73-80(101-85(90)68-60-52-42-36-30-29-33-39-47-55-63-77(7)11-3)71-95-82(87)65-57-49-40-34-27-23-20-19-22-26-32-38-46-54-62-76(6)10-2/h75-81,86H,9-74H2,1-8H3,(H,91,92)(H,93,94)/t75?,76?,77?,78?,79-,80-,81-/m1/s1. The van der Waals surface area contributed by atoms with E-state index >= 15 is 0 Å². The average Bonchev–Trinajstić information content (AvgIpc) is 0.906. The first-order valence-corrected chi connectivity index (χ1v) is 46.8. The Morgan fingerprint density at radius 1 is 0.260 bits per heavy atom. The van der Waals surface area contributed by atoms with Crippen molar-refractivity contribution in [2.75, 3.05) is 39.6 Å². The van der Waals surface area contributed by atoms with E-state index in [1.54, 1.807) is 0 Å². The first-order valence-electron chi connectivity index (χ1n) is 43.9. The van der Waals surface area contributed by atoms with E-state index in [2.05, 4.69) is 55.4 Å². The van der Waals surface area contributed by atoms with Gasteiger partial charge in [0.25, 0.3) is 0 Å². The first-order chi connectivity index (χ1) is 50.2. The maximum absolute atomic E-state index is 13.1. The molecular formula is C85H166O17P2. The number of ether oxygens (including phenoxy) is 4. The average molecular weight is 1520 g/mol. The Bertz CT molecular complexity index is 2030. The fraction of sp³-hybridized carbons (Fsp3) is 0.953. The zero-order valence-corrected chi connectivity index (χ0v) is 70.5. The predicted octanol–water partition coefficient (Wildman–Crippen LogP) is 25.6. The summed E-state index contributed by atoms with van der Waals surface area (Å²) >= 11 is 0. The van der Waals surface area contributed by atoms with Crippen molar-refractivity contribution in [2.45, 2.75) is 459 Å². The van der Waals surface area contributed by atoms with Gasteiger partial charge in [0.1, 0.15) is 19.3 Å². The zero-order chi connectivity index (χ0) is 76.7. The molecule has 0 bridgehead atoms. The number of esters is 4. The van der Waals surface area contributed by atoms with Crippen LogP contribution < -0.4 is 0 Å². The van der Waals surface area contributed by atoms with Crippen LogP contribution in [0, 0.1) is 23.7 Å². The van der Waals surface area contributed by atoms with Crippen molar-refractivity contribution in [3.8, 4) is 0 Å². The molecule has 0 aliphatic rings. The Labute approximate surface area is 638 Å². The second-order valence-corrected chi connectivity index (χ2v) is 34.4. The van der Waals surface area contributed by atoms with Crippen LogP contribution in [0.4, 0.5) is 0 Å². The minimum atomic E-state index is -4.96. The van der Waals surface area contributed by atoms with Crippen molar-refractivity contribution in [3.63, 3.8) is 0 Å². The Balaban J connectivity index is 5.20. The number of carbonyl (C=O) groups is 4.